The minimum Gasteiger partial charge on any atom is -0.310 e. The third-order valence-corrected chi connectivity index (χ3v) is 6.05. The third kappa shape index (κ3) is 4.43. The highest BCUT2D eigenvalue weighted by Gasteiger charge is 2.32. The zero-order valence-electron chi connectivity index (χ0n) is 14.2. The molecule has 1 saturated carbocycles. The van der Waals surface area contributed by atoms with Gasteiger partial charge in [0.25, 0.3) is 0 Å². The number of piperidine rings is 2. The molecule has 2 heterocycles. The van der Waals surface area contributed by atoms with Gasteiger partial charge in [-0.1, -0.05) is 12.8 Å². The topological polar surface area (TPSA) is 18.5 Å². The van der Waals surface area contributed by atoms with Gasteiger partial charge in [0, 0.05) is 25.2 Å². The van der Waals surface area contributed by atoms with Gasteiger partial charge in [0.1, 0.15) is 0 Å². The summed E-state index contributed by atoms with van der Waals surface area (Å²) in [4.78, 5) is 5.08. The molecular weight excluding hydrogens is 258 g/mol. The Morgan fingerprint density at radius 1 is 0.952 bits per heavy atom. The van der Waals surface area contributed by atoms with Crippen molar-refractivity contribution in [3.05, 3.63) is 0 Å². The molecule has 21 heavy (non-hydrogen) atoms. The van der Waals surface area contributed by atoms with Crippen LogP contribution in [-0.2, 0) is 0 Å². The molecule has 0 radical (unpaired) electrons. The highest BCUT2D eigenvalue weighted by Crippen LogP contribution is 2.32. The fraction of sp³-hybridized carbons (Fsp3) is 1.00. The summed E-state index contributed by atoms with van der Waals surface area (Å²) in [7, 11) is 4.41. The van der Waals surface area contributed by atoms with E-state index in [1.807, 2.05) is 0 Å². The molecule has 3 atom stereocenters. The molecule has 0 aromatic rings. The third-order valence-electron chi connectivity index (χ3n) is 6.05. The first-order valence-electron chi connectivity index (χ1n) is 9.34. The second-order valence-electron chi connectivity index (χ2n) is 8.10. The summed E-state index contributed by atoms with van der Waals surface area (Å²) >= 11 is 0. The van der Waals surface area contributed by atoms with E-state index in [9.17, 15) is 0 Å². The van der Waals surface area contributed by atoms with E-state index in [1.165, 1.54) is 77.5 Å². The van der Waals surface area contributed by atoms with Crippen molar-refractivity contribution < 1.29 is 0 Å². The van der Waals surface area contributed by atoms with Gasteiger partial charge in [0.2, 0.25) is 0 Å². The maximum Gasteiger partial charge on any atom is 0.0197 e. The predicted molar refractivity (Wildman–Crippen MR) is 89.6 cm³/mol. The number of nitrogens with zero attached hydrogens (tertiary/aromatic N) is 2. The molecule has 3 unspecified atom stereocenters. The molecule has 0 aromatic carbocycles. The maximum absolute atomic E-state index is 4.00. The van der Waals surface area contributed by atoms with Crippen LogP contribution in [0.3, 0.4) is 0 Å². The average Bonchev–Trinajstić information content (AvgIpc) is 2.49. The lowest BCUT2D eigenvalue weighted by molar-refractivity contribution is 0.115. The van der Waals surface area contributed by atoms with E-state index in [1.54, 1.807) is 0 Å². The highest BCUT2D eigenvalue weighted by molar-refractivity contribution is 4.91. The van der Waals surface area contributed by atoms with Crippen LogP contribution in [0.15, 0.2) is 0 Å². The predicted octanol–water partition coefficient (Wildman–Crippen LogP) is 2.57. The van der Waals surface area contributed by atoms with Crippen molar-refractivity contribution in [1.82, 2.24) is 15.1 Å². The molecule has 0 bridgehead atoms. The number of rotatable bonds is 4. The number of nitrogens with one attached hydrogen (secondary N) is 1. The number of hydrogen-bond donors (Lipinski definition) is 1. The molecule has 3 rings (SSSR count). The Morgan fingerprint density at radius 3 is 2.48 bits per heavy atom. The Labute approximate surface area is 131 Å². The van der Waals surface area contributed by atoms with Gasteiger partial charge in [-0.25, -0.2) is 0 Å². The van der Waals surface area contributed by atoms with Gasteiger partial charge in [-0.05, 0) is 77.5 Å². The molecule has 3 nitrogen and oxygen atoms in total. The second kappa shape index (κ2) is 7.43. The summed E-state index contributed by atoms with van der Waals surface area (Å²) in [6.07, 6.45) is 11.6. The van der Waals surface area contributed by atoms with E-state index in [0.717, 1.165) is 23.9 Å². The van der Waals surface area contributed by atoms with Crippen molar-refractivity contribution in [2.75, 3.05) is 40.3 Å². The van der Waals surface area contributed by atoms with Crippen molar-refractivity contribution in [1.29, 1.82) is 0 Å². The Kier molecular flexibility index (Phi) is 5.58. The van der Waals surface area contributed by atoms with Gasteiger partial charge in [-0.2, -0.15) is 0 Å². The molecule has 1 aliphatic carbocycles. The lowest BCUT2D eigenvalue weighted by Gasteiger charge is -2.43. The Bertz CT molecular complexity index is 310. The van der Waals surface area contributed by atoms with Gasteiger partial charge in [-0.3, -0.25) is 0 Å². The Balaban J connectivity index is 1.39. The number of fused-ring (bicyclic) bond motifs is 1. The van der Waals surface area contributed by atoms with Crippen LogP contribution >= 0.6 is 0 Å². The van der Waals surface area contributed by atoms with Crippen LogP contribution in [0.25, 0.3) is 0 Å². The van der Waals surface area contributed by atoms with E-state index in [2.05, 4.69) is 29.2 Å². The van der Waals surface area contributed by atoms with E-state index >= 15 is 0 Å². The van der Waals surface area contributed by atoms with E-state index in [-0.39, 0.29) is 0 Å². The zero-order chi connectivity index (χ0) is 14.7. The van der Waals surface area contributed by atoms with Crippen molar-refractivity contribution >= 4 is 0 Å². The average molecular weight is 293 g/mol. The van der Waals surface area contributed by atoms with Crippen LogP contribution in [0.1, 0.15) is 51.4 Å². The summed E-state index contributed by atoms with van der Waals surface area (Å²) in [5.74, 6) is 1.93. The van der Waals surface area contributed by atoms with Crippen LogP contribution in [0, 0.1) is 11.8 Å². The standard InChI is InChI=1S/C18H35N3/c1-20(2)13-15-9-11-21(12-10-15)14-17-8-7-16-5-3-4-6-18(16)19-17/h15-19H,3-14H2,1-2H3. The molecule has 3 heteroatoms. The molecule has 2 saturated heterocycles. The largest absolute Gasteiger partial charge is 0.310 e. The van der Waals surface area contributed by atoms with E-state index < -0.39 is 0 Å². The minimum absolute atomic E-state index is 0.773. The molecule has 2 aliphatic heterocycles. The normalized spacial score (nSPS) is 35.9. The molecule has 0 aromatic heterocycles. The Morgan fingerprint density at radius 2 is 1.71 bits per heavy atom. The molecule has 0 spiro atoms. The van der Waals surface area contributed by atoms with Gasteiger partial charge in [0.05, 0.1) is 0 Å². The molecule has 0 amide bonds. The van der Waals surface area contributed by atoms with Crippen LogP contribution in [-0.4, -0.2) is 62.2 Å². The first-order valence-corrected chi connectivity index (χ1v) is 9.34. The Hall–Kier alpha value is -0.120. The lowest BCUT2D eigenvalue weighted by atomic mass is 9.77. The van der Waals surface area contributed by atoms with Crippen molar-refractivity contribution in [2.45, 2.75) is 63.5 Å². The fourth-order valence-corrected chi connectivity index (χ4v) is 4.90. The van der Waals surface area contributed by atoms with Gasteiger partial charge in [0.15, 0.2) is 0 Å². The smallest absolute Gasteiger partial charge is 0.0197 e. The van der Waals surface area contributed by atoms with Crippen molar-refractivity contribution in [2.24, 2.45) is 11.8 Å². The van der Waals surface area contributed by atoms with Crippen LogP contribution in [0.4, 0.5) is 0 Å². The first kappa shape index (κ1) is 15.8. The minimum atomic E-state index is 0.773. The van der Waals surface area contributed by atoms with Crippen LogP contribution in [0.2, 0.25) is 0 Å². The van der Waals surface area contributed by atoms with Crippen LogP contribution in [0.5, 0.6) is 0 Å². The SMILES string of the molecule is CN(C)CC1CCN(CC2CCC3CCCCC3N2)CC1. The summed E-state index contributed by atoms with van der Waals surface area (Å²) < 4.78 is 0. The van der Waals surface area contributed by atoms with Crippen molar-refractivity contribution in [3.63, 3.8) is 0 Å². The van der Waals surface area contributed by atoms with E-state index in [0.29, 0.717) is 0 Å². The van der Waals surface area contributed by atoms with Gasteiger partial charge >= 0.3 is 0 Å². The molecule has 3 aliphatic rings. The first-order chi connectivity index (χ1) is 10.2. The summed E-state index contributed by atoms with van der Waals surface area (Å²) in [6, 6.07) is 1.62. The molecule has 122 valence electrons. The zero-order valence-corrected chi connectivity index (χ0v) is 14.2. The fourth-order valence-electron chi connectivity index (χ4n) is 4.90. The molecule has 3 fully saturated rings. The second-order valence-corrected chi connectivity index (χ2v) is 8.10. The lowest BCUT2D eigenvalue weighted by Crippen LogP contribution is -2.53. The summed E-state index contributed by atoms with van der Waals surface area (Å²) in [5, 5.41) is 4.00. The van der Waals surface area contributed by atoms with Gasteiger partial charge < -0.3 is 15.1 Å². The number of likely N-dealkylation sites (tertiary alicyclic amines) is 1. The quantitative estimate of drug-likeness (QED) is 0.859. The summed E-state index contributed by atoms with van der Waals surface area (Å²) in [5.41, 5.74) is 0. The highest BCUT2D eigenvalue weighted by atomic mass is 15.2. The molecular formula is C18H35N3. The van der Waals surface area contributed by atoms with E-state index in [4.69, 9.17) is 0 Å². The molecule has 1 N–H and O–H groups in total. The summed E-state index contributed by atoms with van der Waals surface area (Å²) in [6.45, 7) is 5.23. The monoisotopic (exact) mass is 293 g/mol. The van der Waals surface area contributed by atoms with Crippen molar-refractivity contribution in [3.8, 4) is 0 Å². The van der Waals surface area contributed by atoms with Crippen LogP contribution < -0.4 is 5.32 Å². The maximum atomic E-state index is 4.00. The number of hydrogen-bond acceptors (Lipinski definition) is 3. The van der Waals surface area contributed by atoms with Gasteiger partial charge in [-0.15, -0.1) is 0 Å².